The molecule has 17 heavy (non-hydrogen) atoms. The van der Waals surface area contributed by atoms with Crippen LogP contribution in [0.25, 0.3) is 0 Å². The minimum atomic E-state index is -3.76. The number of carbonyl (C=O) groups excluding carboxylic acids is 1. The van der Waals surface area contributed by atoms with Crippen LogP contribution >= 0.6 is 12.4 Å². The minimum absolute atomic E-state index is 0. The van der Waals surface area contributed by atoms with Crippen LogP contribution in [0.3, 0.4) is 0 Å². The second kappa shape index (κ2) is 5.34. The van der Waals surface area contributed by atoms with Crippen molar-refractivity contribution in [3.8, 4) is 0 Å². The van der Waals surface area contributed by atoms with Crippen LogP contribution in [0.4, 0.5) is 0 Å². The van der Waals surface area contributed by atoms with Gasteiger partial charge in [0.05, 0.1) is 0 Å². The summed E-state index contributed by atoms with van der Waals surface area (Å²) in [5, 5.41) is 0. The summed E-state index contributed by atoms with van der Waals surface area (Å²) in [4.78, 5) is 11.6. The Balaban J connectivity index is 0.00000256. The van der Waals surface area contributed by atoms with Gasteiger partial charge in [-0.05, 0) is 6.42 Å². The summed E-state index contributed by atoms with van der Waals surface area (Å²) in [6.45, 7) is 5.48. The van der Waals surface area contributed by atoms with Crippen LogP contribution in [0.1, 0.15) is 13.3 Å². The van der Waals surface area contributed by atoms with Gasteiger partial charge in [0, 0.05) is 19.5 Å². The van der Waals surface area contributed by atoms with Gasteiger partial charge in [-0.25, -0.2) is 4.72 Å². The normalized spacial score (nSPS) is 27.2. The van der Waals surface area contributed by atoms with Crippen molar-refractivity contribution in [2.75, 3.05) is 13.6 Å². The molecular weight excluding hydrogens is 266 g/mol. The van der Waals surface area contributed by atoms with Crippen molar-refractivity contribution in [3.63, 3.8) is 0 Å². The van der Waals surface area contributed by atoms with Gasteiger partial charge < -0.3 is 5.73 Å². The molecule has 1 rings (SSSR count). The number of hydrogen-bond acceptors (Lipinski definition) is 4. The van der Waals surface area contributed by atoms with E-state index >= 15 is 0 Å². The molecular formula is C9H18ClN3O3S. The number of amides is 1. The van der Waals surface area contributed by atoms with E-state index in [9.17, 15) is 13.2 Å². The Morgan fingerprint density at radius 2 is 2.24 bits per heavy atom. The Labute approximate surface area is 108 Å². The van der Waals surface area contributed by atoms with Crippen LogP contribution in [0.15, 0.2) is 12.7 Å². The summed E-state index contributed by atoms with van der Waals surface area (Å²) in [6, 6.07) is 0. The maximum atomic E-state index is 11.6. The Morgan fingerprint density at radius 1 is 1.71 bits per heavy atom. The maximum absolute atomic E-state index is 11.6. The molecule has 3 N–H and O–H groups in total. The molecule has 0 heterocycles. The zero-order valence-corrected chi connectivity index (χ0v) is 11.5. The van der Waals surface area contributed by atoms with Gasteiger partial charge >= 0.3 is 10.2 Å². The number of nitrogens with zero attached hydrogens (tertiary/aromatic N) is 1. The SMILES string of the molecule is C=CC1C[C@]1(N)C(=O)NS(=O)(=O)N(C)CC.Cl. The van der Waals surface area contributed by atoms with E-state index in [4.69, 9.17) is 5.73 Å². The maximum Gasteiger partial charge on any atom is 0.303 e. The lowest BCUT2D eigenvalue weighted by Gasteiger charge is -2.17. The van der Waals surface area contributed by atoms with Gasteiger partial charge in [-0.3, -0.25) is 4.79 Å². The summed E-state index contributed by atoms with van der Waals surface area (Å²) in [5.41, 5.74) is 4.62. The lowest BCUT2D eigenvalue weighted by molar-refractivity contribution is -0.121. The molecule has 1 saturated carbocycles. The van der Waals surface area contributed by atoms with Crippen LogP contribution in [-0.4, -0.2) is 37.8 Å². The summed E-state index contributed by atoms with van der Waals surface area (Å²) in [7, 11) is -2.38. The number of carbonyl (C=O) groups is 1. The molecule has 0 aliphatic heterocycles. The van der Waals surface area contributed by atoms with E-state index in [0.717, 1.165) is 4.31 Å². The van der Waals surface area contributed by atoms with Gasteiger partial charge in [0.15, 0.2) is 0 Å². The van der Waals surface area contributed by atoms with E-state index in [-0.39, 0.29) is 24.9 Å². The van der Waals surface area contributed by atoms with Gasteiger partial charge in [0.25, 0.3) is 5.91 Å². The van der Waals surface area contributed by atoms with E-state index < -0.39 is 21.7 Å². The Bertz CT molecular complexity index is 412. The number of halogens is 1. The van der Waals surface area contributed by atoms with Crippen LogP contribution in [0.5, 0.6) is 0 Å². The first-order valence-corrected chi connectivity index (χ1v) is 6.42. The van der Waals surface area contributed by atoms with Crippen LogP contribution in [0, 0.1) is 5.92 Å². The number of hydrogen-bond donors (Lipinski definition) is 2. The topological polar surface area (TPSA) is 92.5 Å². The molecule has 8 heteroatoms. The molecule has 0 spiro atoms. The van der Waals surface area contributed by atoms with Crippen molar-refractivity contribution in [1.82, 2.24) is 9.03 Å². The van der Waals surface area contributed by atoms with Gasteiger partial charge in [-0.2, -0.15) is 12.7 Å². The van der Waals surface area contributed by atoms with Crippen molar-refractivity contribution in [3.05, 3.63) is 12.7 Å². The fourth-order valence-electron chi connectivity index (χ4n) is 1.32. The molecule has 0 aromatic heterocycles. The quantitative estimate of drug-likeness (QED) is 0.673. The van der Waals surface area contributed by atoms with Gasteiger partial charge in [0.2, 0.25) is 0 Å². The van der Waals surface area contributed by atoms with Gasteiger partial charge in [0.1, 0.15) is 5.54 Å². The molecule has 1 amide bonds. The zero-order chi connectivity index (χ0) is 12.6. The third-order valence-electron chi connectivity index (χ3n) is 2.84. The third-order valence-corrected chi connectivity index (χ3v) is 4.37. The molecule has 100 valence electrons. The molecule has 1 fully saturated rings. The summed E-state index contributed by atoms with van der Waals surface area (Å²) in [5.74, 6) is -0.813. The molecule has 1 aliphatic rings. The monoisotopic (exact) mass is 283 g/mol. The highest BCUT2D eigenvalue weighted by atomic mass is 35.5. The largest absolute Gasteiger partial charge is 0.317 e. The molecule has 0 aromatic carbocycles. The van der Waals surface area contributed by atoms with E-state index in [1.54, 1.807) is 13.0 Å². The van der Waals surface area contributed by atoms with Crippen LogP contribution in [0.2, 0.25) is 0 Å². The van der Waals surface area contributed by atoms with E-state index in [2.05, 4.69) is 6.58 Å². The zero-order valence-electron chi connectivity index (χ0n) is 9.84. The molecule has 0 bridgehead atoms. The predicted molar refractivity (Wildman–Crippen MR) is 67.8 cm³/mol. The van der Waals surface area contributed by atoms with Crippen molar-refractivity contribution >= 4 is 28.5 Å². The van der Waals surface area contributed by atoms with Crippen molar-refractivity contribution in [2.24, 2.45) is 11.7 Å². The molecule has 0 saturated heterocycles. The molecule has 2 atom stereocenters. The highest BCUT2D eigenvalue weighted by Crippen LogP contribution is 2.41. The Morgan fingerprint density at radius 3 is 2.59 bits per heavy atom. The Hall–Kier alpha value is -0.630. The first-order valence-electron chi connectivity index (χ1n) is 4.98. The average Bonchev–Trinajstić information content (AvgIpc) is 2.89. The highest BCUT2D eigenvalue weighted by Gasteiger charge is 2.56. The minimum Gasteiger partial charge on any atom is -0.317 e. The van der Waals surface area contributed by atoms with Gasteiger partial charge in [-0.1, -0.05) is 13.0 Å². The van der Waals surface area contributed by atoms with E-state index in [0.29, 0.717) is 6.42 Å². The number of rotatable bonds is 5. The molecule has 0 aromatic rings. The van der Waals surface area contributed by atoms with Crippen molar-refractivity contribution in [2.45, 2.75) is 18.9 Å². The standard InChI is InChI=1S/C9H17N3O3S.ClH/c1-4-7-6-9(7,10)8(13)11-16(14,15)12(3)5-2;/h4,7H,1,5-6,10H2,2-3H3,(H,11,13);1H/t7?,9-;/m1./s1. The number of nitrogens with one attached hydrogen (secondary N) is 1. The van der Waals surface area contributed by atoms with Crippen LogP contribution < -0.4 is 10.5 Å². The Kier molecular flexibility index (Phi) is 5.15. The first kappa shape index (κ1) is 16.4. The lowest BCUT2D eigenvalue weighted by atomic mass is 10.2. The highest BCUT2D eigenvalue weighted by molar-refractivity contribution is 7.87. The van der Waals surface area contributed by atoms with Crippen LogP contribution in [-0.2, 0) is 15.0 Å². The number of nitrogens with two attached hydrogens (primary N) is 1. The first-order chi connectivity index (χ1) is 7.28. The molecule has 6 nitrogen and oxygen atoms in total. The summed E-state index contributed by atoms with van der Waals surface area (Å²) >= 11 is 0. The van der Waals surface area contributed by atoms with Crippen molar-refractivity contribution in [1.29, 1.82) is 0 Å². The second-order valence-corrected chi connectivity index (χ2v) is 5.71. The second-order valence-electron chi connectivity index (χ2n) is 3.94. The molecule has 0 radical (unpaired) electrons. The van der Waals surface area contributed by atoms with Crippen molar-refractivity contribution < 1.29 is 13.2 Å². The third kappa shape index (κ3) is 3.19. The summed E-state index contributed by atoms with van der Waals surface area (Å²) < 4.78 is 26.1. The smallest absolute Gasteiger partial charge is 0.303 e. The molecule has 1 unspecified atom stereocenters. The fraction of sp³-hybridized carbons (Fsp3) is 0.667. The van der Waals surface area contributed by atoms with E-state index in [1.807, 2.05) is 4.72 Å². The van der Waals surface area contributed by atoms with E-state index in [1.165, 1.54) is 7.05 Å². The molecule has 1 aliphatic carbocycles. The average molecular weight is 284 g/mol. The fourth-order valence-corrected chi connectivity index (χ4v) is 2.24. The summed E-state index contributed by atoms with van der Waals surface area (Å²) in [6.07, 6.45) is 2.00. The predicted octanol–water partition coefficient (Wildman–Crippen LogP) is -0.376. The van der Waals surface area contributed by atoms with Gasteiger partial charge in [-0.15, -0.1) is 19.0 Å². The lowest BCUT2D eigenvalue weighted by Crippen LogP contribution is -2.50.